The molecule has 3 atom stereocenters. The number of piperidine rings is 1. The van der Waals surface area contributed by atoms with Crippen LogP contribution in [0.4, 0.5) is 4.79 Å². The molecule has 1 saturated heterocycles. The molecule has 5 nitrogen and oxygen atoms in total. The van der Waals surface area contributed by atoms with E-state index in [9.17, 15) is 4.79 Å². The fourth-order valence-electron chi connectivity index (χ4n) is 2.74. The summed E-state index contributed by atoms with van der Waals surface area (Å²) in [5.74, 6) is 1.50. The summed E-state index contributed by atoms with van der Waals surface area (Å²) in [5, 5.41) is 0. The Hall–Kier alpha value is -1.52. The predicted molar refractivity (Wildman–Crippen MR) is 65.9 cm³/mol. The quantitative estimate of drug-likeness (QED) is 0.831. The molecule has 1 aliphatic carbocycles. The van der Waals surface area contributed by atoms with Crippen LogP contribution in [0.2, 0.25) is 0 Å². The summed E-state index contributed by atoms with van der Waals surface area (Å²) in [7, 11) is 0. The van der Waals surface area contributed by atoms with Gasteiger partial charge in [-0.1, -0.05) is 0 Å². The van der Waals surface area contributed by atoms with Gasteiger partial charge in [0.25, 0.3) is 0 Å². The van der Waals surface area contributed by atoms with Crippen molar-refractivity contribution < 1.29 is 9.53 Å². The van der Waals surface area contributed by atoms with E-state index in [1.807, 2.05) is 25.7 Å². The number of nitrogens with one attached hydrogen (secondary N) is 1. The van der Waals surface area contributed by atoms with E-state index in [0.29, 0.717) is 12.0 Å². The van der Waals surface area contributed by atoms with E-state index in [4.69, 9.17) is 4.74 Å². The molecule has 1 amide bonds. The largest absolute Gasteiger partial charge is 0.444 e. The molecule has 5 heteroatoms. The lowest BCUT2D eigenvalue weighted by atomic mass is 10.1. The van der Waals surface area contributed by atoms with E-state index in [1.165, 1.54) is 0 Å². The van der Waals surface area contributed by atoms with E-state index in [0.717, 1.165) is 18.7 Å². The van der Waals surface area contributed by atoms with Gasteiger partial charge in [0.15, 0.2) is 0 Å². The first-order valence-corrected chi connectivity index (χ1v) is 6.46. The first-order chi connectivity index (χ1) is 8.46. The van der Waals surface area contributed by atoms with Gasteiger partial charge in [-0.05, 0) is 39.5 Å². The van der Waals surface area contributed by atoms with Crippen LogP contribution in [0.25, 0.3) is 0 Å². The summed E-state index contributed by atoms with van der Waals surface area (Å²) in [6.07, 6.45) is 5.42. The molecule has 2 aliphatic rings. The highest BCUT2D eigenvalue weighted by Gasteiger charge is 2.56. The van der Waals surface area contributed by atoms with Crippen LogP contribution in [0.3, 0.4) is 0 Å². The van der Waals surface area contributed by atoms with Crippen LogP contribution in [-0.4, -0.2) is 32.6 Å². The van der Waals surface area contributed by atoms with Crippen LogP contribution in [0, 0.1) is 5.92 Å². The van der Waals surface area contributed by atoms with Gasteiger partial charge >= 0.3 is 6.09 Å². The Morgan fingerprint density at radius 2 is 2.28 bits per heavy atom. The summed E-state index contributed by atoms with van der Waals surface area (Å²) in [6.45, 7) is 5.69. The van der Waals surface area contributed by atoms with Crippen molar-refractivity contribution in [1.29, 1.82) is 0 Å². The van der Waals surface area contributed by atoms with Gasteiger partial charge in [-0.2, -0.15) is 0 Å². The number of carbonyl (C=O) groups excluding carboxylic acids is 1. The van der Waals surface area contributed by atoms with Gasteiger partial charge in [0.05, 0.1) is 6.04 Å². The van der Waals surface area contributed by atoms with Crippen LogP contribution in [0.15, 0.2) is 12.4 Å². The zero-order valence-corrected chi connectivity index (χ0v) is 11.0. The molecular formula is C13H19N3O2. The SMILES string of the molecule is CC(C)(C)OC(=O)N1C(c2ncc[nH]2)C[C@H]2C[C@H]21. The highest BCUT2D eigenvalue weighted by molar-refractivity contribution is 5.70. The molecule has 18 heavy (non-hydrogen) atoms. The van der Waals surface area contributed by atoms with Crippen LogP contribution >= 0.6 is 0 Å². The highest BCUT2D eigenvalue weighted by Crippen LogP contribution is 2.53. The number of imidazole rings is 1. The summed E-state index contributed by atoms with van der Waals surface area (Å²) in [6, 6.07) is 0.411. The van der Waals surface area contributed by atoms with Crippen molar-refractivity contribution in [2.75, 3.05) is 0 Å². The molecule has 0 aromatic carbocycles. The minimum atomic E-state index is -0.447. The Balaban J connectivity index is 1.78. The second kappa shape index (κ2) is 3.73. The molecule has 1 N–H and O–H groups in total. The number of fused-ring (bicyclic) bond motifs is 1. The second-order valence-corrected chi connectivity index (χ2v) is 6.18. The predicted octanol–water partition coefficient (Wildman–Crippen LogP) is 2.48. The van der Waals surface area contributed by atoms with E-state index < -0.39 is 5.60 Å². The Bertz CT molecular complexity index is 449. The smallest absolute Gasteiger partial charge is 0.411 e. The van der Waals surface area contributed by atoms with E-state index >= 15 is 0 Å². The third kappa shape index (κ3) is 1.98. The number of aromatic nitrogens is 2. The Morgan fingerprint density at radius 3 is 2.89 bits per heavy atom. The lowest BCUT2D eigenvalue weighted by Crippen LogP contribution is -2.38. The fourth-order valence-corrected chi connectivity index (χ4v) is 2.74. The molecule has 0 bridgehead atoms. The molecule has 1 aliphatic heterocycles. The monoisotopic (exact) mass is 249 g/mol. The number of H-pyrrole nitrogens is 1. The van der Waals surface area contributed by atoms with Crippen molar-refractivity contribution in [2.45, 2.75) is 51.3 Å². The van der Waals surface area contributed by atoms with Crippen molar-refractivity contribution >= 4 is 6.09 Å². The number of amides is 1. The van der Waals surface area contributed by atoms with Crippen molar-refractivity contribution in [3.63, 3.8) is 0 Å². The number of nitrogens with zero attached hydrogens (tertiary/aromatic N) is 2. The zero-order valence-electron chi connectivity index (χ0n) is 11.0. The van der Waals surface area contributed by atoms with Gasteiger partial charge < -0.3 is 9.72 Å². The minimum Gasteiger partial charge on any atom is -0.444 e. The average molecular weight is 249 g/mol. The number of hydrogen-bond donors (Lipinski definition) is 1. The van der Waals surface area contributed by atoms with Crippen LogP contribution in [-0.2, 0) is 4.74 Å². The van der Waals surface area contributed by atoms with E-state index in [-0.39, 0.29) is 12.1 Å². The van der Waals surface area contributed by atoms with Crippen molar-refractivity contribution in [1.82, 2.24) is 14.9 Å². The number of aromatic amines is 1. The first kappa shape index (κ1) is 11.6. The third-order valence-electron chi connectivity index (χ3n) is 3.54. The van der Waals surface area contributed by atoms with Crippen molar-refractivity contribution in [3.8, 4) is 0 Å². The maximum atomic E-state index is 12.3. The maximum Gasteiger partial charge on any atom is 0.411 e. The van der Waals surface area contributed by atoms with E-state index in [2.05, 4.69) is 9.97 Å². The Morgan fingerprint density at radius 1 is 1.50 bits per heavy atom. The molecule has 2 heterocycles. The molecule has 0 radical (unpaired) electrons. The van der Waals surface area contributed by atoms with Gasteiger partial charge in [-0.3, -0.25) is 4.90 Å². The number of hydrogen-bond acceptors (Lipinski definition) is 3. The first-order valence-electron chi connectivity index (χ1n) is 6.46. The molecule has 1 unspecified atom stereocenters. The Labute approximate surface area is 107 Å². The van der Waals surface area contributed by atoms with Crippen LogP contribution < -0.4 is 0 Å². The van der Waals surface area contributed by atoms with Gasteiger partial charge in [0, 0.05) is 18.4 Å². The fraction of sp³-hybridized carbons (Fsp3) is 0.692. The van der Waals surface area contributed by atoms with Crippen molar-refractivity contribution in [3.05, 3.63) is 18.2 Å². The molecule has 2 fully saturated rings. The number of likely N-dealkylation sites (tertiary alicyclic amines) is 1. The Kier molecular flexibility index (Phi) is 2.40. The van der Waals surface area contributed by atoms with Crippen LogP contribution in [0.5, 0.6) is 0 Å². The molecular weight excluding hydrogens is 230 g/mol. The highest BCUT2D eigenvalue weighted by atomic mass is 16.6. The van der Waals surface area contributed by atoms with Crippen LogP contribution in [0.1, 0.15) is 45.5 Å². The second-order valence-electron chi connectivity index (χ2n) is 6.18. The minimum absolute atomic E-state index is 0.0543. The normalized spacial score (nSPS) is 30.2. The molecule has 1 aromatic rings. The van der Waals surface area contributed by atoms with Gasteiger partial charge in [-0.25, -0.2) is 9.78 Å². The summed E-state index contributed by atoms with van der Waals surface area (Å²) in [4.78, 5) is 21.5. The summed E-state index contributed by atoms with van der Waals surface area (Å²) < 4.78 is 5.49. The lowest BCUT2D eigenvalue weighted by Gasteiger charge is -2.29. The van der Waals surface area contributed by atoms with Gasteiger partial charge in [0.1, 0.15) is 11.4 Å². The van der Waals surface area contributed by atoms with Crippen molar-refractivity contribution in [2.24, 2.45) is 5.92 Å². The topological polar surface area (TPSA) is 58.2 Å². The standard InChI is InChI=1S/C13H19N3O2/c1-13(2,3)18-12(17)16-9-6-8(9)7-10(16)11-14-4-5-15-11/h4-5,8-10H,6-7H2,1-3H3,(H,14,15)/t8-,9-,10?/m1/s1. The third-order valence-corrected chi connectivity index (χ3v) is 3.54. The van der Waals surface area contributed by atoms with Gasteiger partial charge in [0.2, 0.25) is 0 Å². The number of ether oxygens (including phenoxy) is 1. The lowest BCUT2D eigenvalue weighted by molar-refractivity contribution is 0.0175. The summed E-state index contributed by atoms with van der Waals surface area (Å²) in [5.41, 5.74) is -0.447. The molecule has 98 valence electrons. The van der Waals surface area contributed by atoms with Gasteiger partial charge in [-0.15, -0.1) is 0 Å². The average Bonchev–Trinajstić information content (AvgIpc) is 2.76. The zero-order chi connectivity index (χ0) is 12.9. The molecule has 1 saturated carbocycles. The number of rotatable bonds is 1. The molecule has 0 spiro atoms. The maximum absolute atomic E-state index is 12.3. The molecule has 1 aromatic heterocycles. The summed E-state index contributed by atoms with van der Waals surface area (Å²) >= 11 is 0. The number of carbonyl (C=O) groups is 1. The van der Waals surface area contributed by atoms with E-state index in [1.54, 1.807) is 12.4 Å². The molecule has 3 rings (SSSR count).